The van der Waals surface area contributed by atoms with E-state index in [9.17, 15) is 4.79 Å². The molecule has 1 nitrogen and oxygen atoms in total. The molecule has 0 radical (unpaired) electrons. The lowest BCUT2D eigenvalue weighted by molar-refractivity contribution is -0.108. The first-order valence-electron chi connectivity index (χ1n) is 6.36. The number of aldehydes is 1. The van der Waals surface area contributed by atoms with Gasteiger partial charge in [-0.25, -0.2) is 0 Å². The van der Waals surface area contributed by atoms with Gasteiger partial charge < -0.3 is 4.79 Å². The van der Waals surface area contributed by atoms with E-state index in [1.165, 1.54) is 28.4 Å². The highest BCUT2D eigenvalue weighted by atomic mass is 79.9. The van der Waals surface area contributed by atoms with Crippen LogP contribution in [0.2, 0.25) is 0 Å². The summed E-state index contributed by atoms with van der Waals surface area (Å²) in [4.78, 5) is 10.5. The molecule has 2 heteroatoms. The number of rotatable bonds is 6. The van der Waals surface area contributed by atoms with E-state index in [2.05, 4.69) is 54.9 Å². The first-order valence-corrected chi connectivity index (χ1v) is 7.16. The topological polar surface area (TPSA) is 17.1 Å². The molecule has 94 valence electrons. The summed E-state index contributed by atoms with van der Waals surface area (Å²) in [5.41, 5.74) is 2.62. The van der Waals surface area contributed by atoms with Crippen molar-refractivity contribution in [1.82, 2.24) is 0 Å². The van der Waals surface area contributed by atoms with Crippen molar-refractivity contribution in [3.05, 3.63) is 33.8 Å². The molecule has 0 saturated carbocycles. The van der Waals surface area contributed by atoms with Gasteiger partial charge in [0.15, 0.2) is 0 Å². The Morgan fingerprint density at radius 1 is 1.29 bits per heavy atom. The quantitative estimate of drug-likeness (QED) is 0.672. The molecular weight excluding hydrogens is 276 g/mol. The molecule has 0 bridgehead atoms. The van der Waals surface area contributed by atoms with E-state index >= 15 is 0 Å². The van der Waals surface area contributed by atoms with Gasteiger partial charge in [0, 0.05) is 10.9 Å². The molecule has 1 unspecified atom stereocenters. The van der Waals surface area contributed by atoms with Crippen molar-refractivity contribution in [3.8, 4) is 0 Å². The van der Waals surface area contributed by atoms with Gasteiger partial charge in [-0.05, 0) is 41.9 Å². The highest BCUT2D eigenvalue weighted by molar-refractivity contribution is 9.10. The molecule has 1 aromatic rings. The van der Waals surface area contributed by atoms with E-state index in [0.717, 1.165) is 6.29 Å². The van der Waals surface area contributed by atoms with Gasteiger partial charge >= 0.3 is 0 Å². The maximum atomic E-state index is 10.5. The van der Waals surface area contributed by atoms with Crippen molar-refractivity contribution in [2.75, 3.05) is 0 Å². The van der Waals surface area contributed by atoms with Gasteiger partial charge in [-0.2, -0.15) is 0 Å². The second kappa shape index (κ2) is 6.95. The van der Waals surface area contributed by atoms with Crippen molar-refractivity contribution in [2.24, 2.45) is 0 Å². The van der Waals surface area contributed by atoms with Crippen LogP contribution >= 0.6 is 15.9 Å². The van der Waals surface area contributed by atoms with Crippen LogP contribution in [0.4, 0.5) is 0 Å². The third kappa shape index (κ3) is 3.67. The van der Waals surface area contributed by atoms with Gasteiger partial charge in [-0.3, -0.25) is 0 Å². The molecule has 0 aromatic heterocycles. The van der Waals surface area contributed by atoms with Crippen LogP contribution in [0.25, 0.3) is 0 Å². The molecule has 0 fully saturated rings. The van der Waals surface area contributed by atoms with Crippen molar-refractivity contribution in [1.29, 1.82) is 0 Å². The Bertz CT molecular complexity index is 369. The highest BCUT2D eigenvalue weighted by Gasteiger charge is 2.13. The van der Waals surface area contributed by atoms with Crippen LogP contribution in [0.5, 0.6) is 0 Å². The van der Waals surface area contributed by atoms with Crippen LogP contribution in [0, 0.1) is 0 Å². The lowest BCUT2D eigenvalue weighted by Crippen LogP contribution is -2.00. The summed E-state index contributed by atoms with van der Waals surface area (Å²) < 4.78 is 1.18. The summed E-state index contributed by atoms with van der Waals surface area (Å²) >= 11 is 3.66. The smallest absolute Gasteiger partial charge is 0.120 e. The molecule has 17 heavy (non-hydrogen) atoms. The zero-order valence-corrected chi connectivity index (χ0v) is 12.5. The summed E-state index contributed by atoms with van der Waals surface area (Å²) in [5, 5.41) is 0. The van der Waals surface area contributed by atoms with Gasteiger partial charge in [-0.15, -0.1) is 0 Å². The zero-order valence-electron chi connectivity index (χ0n) is 10.9. The number of hydrogen-bond donors (Lipinski definition) is 0. The normalized spacial score (nSPS) is 12.8. The average molecular weight is 297 g/mol. The van der Waals surface area contributed by atoms with Crippen molar-refractivity contribution < 1.29 is 4.79 Å². The maximum absolute atomic E-state index is 10.5. The summed E-state index contributed by atoms with van der Waals surface area (Å²) in [7, 11) is 0. The van der Waals surface area contributed by atoms with Crippen molar-refractivity contribution in [3.63, 3.8) is 0 Å². The van der Waals surface area contributed by atoms with E-state index in [0.29, 0.717) is 18.3 Å². The number of benzene rings is 1. The monoisotopic (exact) mass is 296 g/mol. The van der Waals surface area contributed by atoms with Crippen LogP contribution in [0.1, 0.15) is 63.0 Å². The molecule has 0 heterocycles. The molecule has 0 N–H and O–H groups in total. The fourth-order valence-corrected chi connectivity index (χ4v) is 2.91. The molecule has 1 atom stereocenters. The van der Waals surface area contributed by atoms with Gasteiger partial charge in [0.2, 0.25) is 0 Å². The molecule has 0 aliphatic heterocycles. The van der Waals surface area contributed by atoms with Crippen LogP contribution in [-0.2, 0) is 4.79 Å². The third-order valence-electron chi connectivity index (χ3n) is 3.47. The van der Waals surface area contributed by atoms with Crippen LogP contribution < -0.4 is 0 Å². The number of hydrogen-bond acceptors (Lipinski definition) is 1. The number of carbonyl (C=O) groups excluding carboxylic acids is 1. The molecule has 0 amide bonds. The largest absolute Gasteiger partial charge is 0.303 e. The molecule has 1 rings (SSSR count). The van der Waals surface area contributed by atoms with Gasteiger partial charge in [0.05, 0.1) is 0 Å². The second-order valence-corrected chi connectivity index (χ2v) is 5.45. The number of halogens is 1. The lowest BCUT2D eigenvalue weighted by Gasteiger charge is -2.17. The molecule has 0 spiro atoms. The Balaban J connectivity index is 2.96. The van der Waals surface area contributed by atoms with Crippen LogP contribution in [-0.4, -0.2) is 6.29 Å². The van der Waals surface area contributed by atoms with E-state index < -0.39 is 0 Å². The summed E-state index contributed by atoms with van der Waals surface area (Å²) in [6.07, 6.45) is 3.92. The Morgan fingerprint density at radius 2 is 1.94 bits per heavy atom. The molecular formula is C15H21BrO. The minimum Gasteiger partial charge on any atom is -0.303 e. The minimum atomic E-state index is 0.305. The van der Waals surface area contributed by atoms with Crippen LogP contribution in [0.3, 0.4) is 0 Å². The summed E-state index contributed by atoms with van der Waals surface area (Å²) in [5.74, 6) is 0.930. The predicted molar refractivity (Wildman–Crippen MR) is 76.6 cm³/mol. The fraction of sp³-hybridized carbons (Fsp3) is 0.533. The minimum absolute atomic E-state index is 0.305. The first-order chi connectivity index (χ1) is 8.13. The summed E-state index contributed by atoms with van der Waals surface area (Å²) in [6.45, 7) is 6.54. The highest BCUT2D eigenvalue weighted by Crippen LogP contribution is 2.32. The summed E-state index contributed by atoms with van der Waals surface area (Å²) in [6, 6.07) is 6.53. The van der Waals surface area contributed by atoms with Gasteiger partial charge in [-0.1, -0.05) is 48.8 Å². The Morgan fingerprint density at radius 3 is 2.41 bits per heavy atom. The Labute approximate surface area is 113 Å². The molecule has 0 aliphatic rings. The average Bonchev–Trinajstić information content (AvgIpc) is 2.32. The van der Waals surface area contributed by atoms with E-state index in [1.54, 1.807) is 0 Å². The zero-order chi connectivity index (χ0) is 12.8. The van der Waals surface area contributed by atoms with Gasteiger partial charge in [0.1, 0.15) is 6.29 Å². The standard InChI is InChI=1S/C15H21BrO/c1-4-12(5-2)14-7-6-13(10-15(14)16)11(3)8-9-17/h6-7,9-12H,4-5,8H2,1-3H3. The SMILES string of the molecule is CCC(CC)c1ccc(C(C)CC=O)cc1Br. The lowest BCUT2D eigenvalue weighted by atomic mass is 9.91. The Kier molecular flexibility index (Phi) is 5.90. The Hall–Kier alpha value is -0.630. The van der Waals surface area contributed by atoms with E-state index in [-0.39, 0.29) is 0 Å². The van der Waals surface area contributed by atoms with Gasteiger partial charge in [0.25, 0.3) is 0 Å². The predicted octanol–water partition coefficient (Wildman–Crippen LogP) is 5.05. The maximum Gasteiger partial charge on any atom is 0.120 e. The van der Waals surface area contributed by atoms with Crippen molar-refractivity contribution >= 4 is 22.2 Å². The van der Waals surface area contributed by atoms with Crippen molar-refractivity contribution in [2.45, 2.75) is 51.9 Å². The fourth-order valence-electron chi connectivity index (χ4n) is 2.19. The van der Waals surface area contributed by atoms with E-state index in [4.69, 9.17) is 0 Å². The van der Waals surface area contributed by atoms with E-state index in [1.807, 2.05) is 0 Å². The number of carbonyl (C=O) groups is 1. The van der Waals surface area contributed by atoms with Crippen LogP contribution in [0.15, 0.2) is 22.7 Å². The second-order valence-electron chi connectivity index (χ2n) is 4.60. The third-order valence-corrected chi connectivity index (χ3v) is 4.16. The molecule has 0 saturated heterocycles. The first kappa shape index (κ1) is 14.4. The molecule has 0 aliphatic carbocycles. The molecule has 1 aromatic carbocycles.